The van der Waals surface area contributed by atoms with Crippen LogP contribution >= 0.6 is 0 Å². The van der Waals surface area contributed by atoms with E-state index in [1.54, 1.807) is 21.3 Å². The van der Waals surface area contributed by atoms with Crippen molar-refractivity contribution >= 4 is 19.7 Å². The van der Waals surface area contributed by atoms with Crippen molar-refractivity contribution in [1.82, 2.24) is 4.98 Å². The van der Waals surface area contributed by atoms with Gasteiger partial charge in [-0.2, -0.15) is 0 Å². The van der Waals surface area contributed by atoms with Crippen LogP contribution in [0.2, 0.25) is 6.04 Å². The molecule has 0 N–H and O–H groups in total. The average molecular weight is 319 g/mol. The topological polar surface area (TPSA) is 40.6 Å². The maximum absolute atomic E-state index is 5.44. The normalized spacial score (nSPS) is 12.0. The highest BCUT2D eigenvalue weighted by Gasteiger charge is 2.36. The third-order valence-electron chi connectivity index (χ3n) is 4.08. The van der Waals surface area contributed by atoms with Gasteiger partial charge in [-0.15, -0.1) is 0 Å². The maximum atomic E-state index is 5.44. The van der Waals surface area contributed by atoms with E-state index in [0.29, 0.717) is 0 Å². The Bertz CT molecular complexity index is 573. The zero-order chi connectivity index (χ0) is 15.8. The summed E-state index contributed by atoms with van der Waals surface area (Å²) in [5, 5.41) is 1.21. The summed E-state index contributed by atoms with van der Waals surface area (Å²) >= 11 is 0. The number of para-hydroxylation sites is 1. The molecule has 1 aromatic heterocycles. The fourth-order valence-corrected chi connectivity index (χ4v) is 4.55. The van der Waals surface area contributed by atoms with Gasteiger partial charge in [-0.05, 0) is 30.9 Å². The molecule has 0 atom stereocenters. The van der Waals surface area contributed by atoms with Gasteiger partial charge >= 0.3 is 8.80 Å². The van der Waals surface area contributed by atoms with Crippen molar-refractivity contribution < 1.29 is 13.3 Å². The minimum absolute atomic E-state index is 0.865. The Morgan fingerprint density at radius 2 is 1.64 bits per heavy atom. The molecule has 22 heavy (non-hydrogen) atoms. The van der Waals surface area contributed by atoms with Crippen molar-refractivity contribution in [3.05, 3.63) is 42.1 Å². The first kappa shape index (κ1) is 17.1. The highest BCUT2D eigenvalue weighted by atomic mass is 28.4. The zero-order valence-corrected chi connectivity index (χ0v) is 14.7. The third-order valence-corrected chi connectivity index (χ3v) is 6.91. The summed E-state index contributed by atoms with van der Waals surface area (Å²) in [5.74, 6) is 0. The lowest BCUT2D eigenvalue weighted by molar-refractivity contribution is 0.122. The molecular formula is C17H25NO3Si. The summed E-state index contributed by atoms with van der Waals surface area (Å²) < 4.78 is 16.3. The Balaban J connectivity index is 1.84. The monoisotopic (exact) mass is 319 g/mol. The van der Waals surface area contributed by atoms with Crippen LogP contribution in [0.1, 0.15) is 24.8 Å². The molecule has 2 aromatic rings. The number of aromatic nitrogens is 1. The number of hydrogen-bond acceptors (Lipinski definition) is 4. The molecule has 0 fully saturated rings. The number of nitrogens with zero attached hydrogens (tertiary/aromatic N) is 1. The summed E-state index contributed by atoms with van der Waals surface area (Å²) in [5.41, 5.74) is 2.45. The van der Waals surface area contributed by atoms with E-state index < -0.39 is 8.80 Å². The molecule has 0 aliphatic heterocycles. The molecular weight excluding hydrogens is 294 g/mol. The van der Waals surface area contributed by atoms with Crippen LogP contribution in [0.3, 0.4) is 0 Å². The van der Waals surface area contributed by atoms with Crippen molar-refractivity contribution in [1.29, 1.82) is 0 Å². The highest BCUT2D eigenvalue weighted by Crippen LogP contribution is 2.20. The number of aryl methyl sites for hydroxylation is 1. The quantitative estimate of drug-likeness (QED) is 0.520. The molecule has 0 radical (unpaired) electrons. The minimum atomic E-state index is -2.40. The van der Waals surface area contributed by atoms with Crippen molar-refractivity contribution in [3.63, 3.8) is 0 Å². The van der Waals surface area contributed by atoms with E-state index in [4.69, 9.17) is 13.3 Å². The van der Waals surface area contributed by atoms with Crippen LogP contribution in [0.4, 0.5) is 0 Å². The number of hydrogen-bond donors (Lipinski definition) is 0. The standard InChI is InChI=1S/C17H25NO3Si/c1-19-22(20-2,21-3)14-6-4-5-9-15-10-7-11-16-12-8-13-18-17(15)16/h7-8,10-13H,4-6,9,14H2,1-3H3. The van der Waals surface area contributed by atoms with Crippen molar-refractivity contribution in [2.24, 2.45) is 0 Å². The van der Waals surface area contributed by atoms with Crippen LogP contribution < -0.4 is 0 Å². The number of fused-ring (bicyclic) bond motifs is 1. The predicted molar refractivity (Wildman–Crippen MR) is 90.9 cm³/mol. The highest BCUT2D eigenvalue weighted by molar-refractivity contribution is 6.60. The Morgan fingerprint density at radius 1 is 0.909 bits per heavy atom. The van der Waals surface area contributed by atoms with Gasteiger partial charge in [0.15, 0.2) is 0 Å². The minimum Gasteiger partial charge on any atom is -0.377 e. The van der Waals surface area contributed by atoms with Gasteiger partial charge in [-0.3, -0.25) is 4.98 Å². The van der Waals surface area contributed by atoms with Gasteiger partial charge in [0.1, 0.15) is 0 Å². The second-order valence-electron chi connectivity index (χ2n) is 5.35. The van der Waals surface area contributed by atoms with Crippen LogP contribution in [0.25, 0.3) is 10.9 Å². The van der Waals surface area contributed by atoms with E-state index >= 15 is 0 Å². The fourth-order valence-electron chi connectivity index (χ4n) is 2.76. The van der Waals surface area contributed by atoms with Gasteiger partial charge in [0.25, 0.3) is 0 Å². The van der Waals surface area contributed by atoms with Gasteiger partial charge < -0.3 is 13.3 Å². The van der Waals surface area contributed by atoms with Gasteiger partial charge in [0.05, 0.1) is 5.52 Å². The van der Waals surface area contributed by atoms with Gasteiger partial charge in [0, 0.05) is 39.0 Å². The first-order valence-corrected chi connectivity index (χ1v) is 9.66. The van der Waals surface area contributed by atoms with Crippen LogP contribution in [0.5, 0.6) is 0 Å². The molecule has 0 saturated heterocycles. The molecule has 0 aliphatic carbocycles. The number of unbranched alkanes of at least 4 members (excludes halogenated alkanes) is 2. The Kier molecular flexibility index (Phi) is 6.51. The van der Waals surface area contributed by atoms with E-state index in [0.717, 1.165) is 37.2 Å². The van der Waals surface area contributed by atoms with Crippen LogP contribution in [-0.4, -0.2) is 35.1 Å². The lowest BCUT2D eigenvalue weighted by Gasteiger charge is -2.24. The lowest BCUT2D eigenvalue weighted by Crippen LogP contribution is -2.42. The summed E-state index contributed by atoms with van der Waals surface area (Å²) in [6, 6.07) is 11.4. The average Bonchev–Trinajstić information content (AvgIpc) is 2.59. The van der Waals surface area contributed by atoms with Crippen LogP contribution in [0.15, 0.2) is 36.5 Å². The Hall–Kier alpha value is -1.27. The molecule has 0 unspecified atom stereocenters. The van der Waals surface area contributed by atoms with Crippen molar-refractivity contribution in [2.75, 3.05) is 21.3 Å². The number of benzene rings is 1. The fraction of sp³-hybridized carbons (Fsp3) is 0.471. The summed E-state index contributed by atoms with van der Waals surface area (Å²) in [7, 11) is 2.60. The zero-order valence-electron chi connectivity index (χ0n) is 13.7. The molecule has 1 heterocycles. The summed E-state index contributed by atoms with van der Waals surface area (Å²) in [6.45, 7) is 0. The largest absolute Gasteiger partial charge is 0.500 e. The molecule has 0 amide bonds. The molecule has 2 rings (SSSR count). The second kappa shape index (κ2) is 8.38. The SMILES string of the molecule is CO[Si](CCCCCc1cccc2cccnc12)(OC)OC. The smallest absolute Gasteiger partial charge is 0.377 e. The molecule has 0 bridgehead atoms. The van der Waals surface area contributed by atoms with E-state index in [-0.39, 0.29) is 0 Å². The van der Waals surface area contributed by atoms with E-state index in [1.807, 2.05) is 12.3 Å². The third kappa shape index (κ3) is 4.13. The van der Waals surface area contributed by atoms with E-state index in [2.05, 4.69) is 29.2 Å². The Labute approximate surface area is 133 Å². The molecule has 1 aromatic carbocycles. The van der Waals surface area contributed by atoms with Crippen molar-refractivity contribution in [2.45, 2.75) is 31.7 Å². The lowest BCUT2D eigenvalue weighted by atomic mass is 10.0. The van der Waals surface area contributed by atoms with E-state index in [9.17, 15) is 0 Å². The Morgan fingerprint density at radius 3 is 2.36 bits per heavy atom. The second-order valence-corrected chi connectivity index (χ2v) is 8.44. The summed E-state index contributed by atoms with van der Waals surface area (Å²) in [6.07, 6.45) is 6.24. The van der Waals surface area contributed by atoms with Gasteiger partial charge in [0.2, 0.25) is 0 Å². The molecule has 120 valence electrons. The van der Waals surface area contributed by atoms with E-state index in [1.165, 1.54) is 10.9 Å². The molecule has 0 saturated carbocycles. The first-order valence-electron chi connectivity index (χ1n) is 7.73. The summed E-state index contributed by atoms with van der Waals surface area (Å²) in [4.78, 5) is 4.51. The van der Waals surface area contributed by atoms with Gasteiger partial charge in [-0.1, -0.05) is 30.7 Å². The van der Waals surface area contributed by atoms with Crippen molar-refractivity contribution in [3.8, 4) is 0 Å². The molecule has 4 nitrogen and oxygen atoms in total. The molecule has 0 spiro atoms. The number of rotatable bonds is 9. The number of pyridine rings is 1. The predicted octanol–water partition coefficient (Wildman–Crippen LogP) is 3.83. The van der Waals surface area contributed by atoms with Crippen LogP contribution in [0, 0.1) is 0 Å². The molecule has 5 heteroatoms. The molecule has 0 aliphatic rings. The maximum Gasteiger partial charge on any atom is 0.500 e. The first-order chi connectivity index (χ1) is 10.7. The van der Waals surface area contributed by atoms with Crippen LogP contribution in [-0.2, 0) is 19.7 Å². The van der Waals surface area contributed by atoms with Gasteiger partial charge in [-0.25, -0.2) is 0 Å².